The smallest absolute Gasteiger partial charge is 0.249 e. The Balaban J connectivity index is 1.73. The van der Waals surface area contributed by atoms with E-state index in [1.165, 1.54) is 7.05 Å². The highest BCUT2D eigenvalue weighted by Gasteiger charge is 2.52. The number of para-hydroxylation sites is 1. The van der Waals surface area contributed by atoms with Crippen LogP contribution in [0.25, 0.3) is 0 Å². The second kappa shape index (κ2) is 6.94. The van der Waals surface area contributed by atoms with Crippen LogP contribution in [0.15, 0.2) is 66.9 Å². The van der Waals surface area contributed by atoms with Crippen molar-refractivity contribution in [3.8, 4) is 0 Å². The third-order valence-electron chi connectivity index (χ3n) is 5.02. The lowest BCUT2D eigenvalue weighted by Gasteiger charge is -2.40. The van der Waals surface area contributed by atoms with Crippen LogP contribution in [0.5, 0.6) is 0 Å². The van der Waals surface area contributed by atoms with Gasteiger partial charge in [-0.3, -0.25) is 19.5 Å². The van der Waals surface area contributed by atoms with Crippen LogP contribution in [0.2, 0.25) is 0 Å². The van der Waals surface area contributed by atoms with E-state index < -0.39 is 24.1 Å². The zero-order chi connectivity index (χ0) is 19.0. The number of rotatable bonds is 4. The number of aliphatic hydroxyl groups is 1. The summed E-state index contributed by atoms with van der Waals surface area (Å²) in [4.78, 5) is 30.5. The molecule has 7 nitrogen and oxygen atoms in total. The van der Waals surface area contributed by atoms with Crippen LogP contribution in [0, 0.1) is 5.92 Å². The Kier molecular flexibility index (Phi) is 4.47. The second-order valence-electron chi connectivity index (χ2n) is 6.67. The number of likely N-dealkylation sites (N-methyl/N-ethyl adjacent to an activating group) is 1. The standard InChI is InChI=1S/C20H20N4O3/c1-23-19(26)14-10-11-16(18(25)15-9-5-6-12-21-15)24(17(14)20(23)27)22-13-7-3-2-4-8-13/h2-12,14,16-18,22,25H,1H3. The highest BCUT2D eigenvalue weighted by Crippen LogP contribution is 2.35. The van der Waals surface area contributed by atoms with Crippen LogP contribution in [0.3, 0.4) is 0 Å². The van der Waals surface area contributed by atoms with Crippen LogP contribution in [-0.2, 0) is 9.59 Å². The van der Waals surface area contributed by atoms with E-state index >= 15 is 0 Å². The molecule has 0 radical (unpaired) electrons. The van der Waals surface area contributed by atoms with Gasteiger partial charge < -0.3 is 10.5 Å². The molecule has 27 heavy (non-hydrogen) atoms. The number of nitrogens with one attached hydrogen (secondary N) is 1. The van der Waals surface area contributed by atoms with Gasteiger partial charge in [0.2, 0.25) is 11.8 Å². The third-order valence-corrected chi connectivity index (χ3v) is 5.02. The minimum atomic E-state index is -0.964. The zero-order valence-corrected chi connectivity index (χ0v) is 14.8. The molecule has 2 amide bonds. The number of aromatic nitrogens is 1. The lowest BCUT2D eigenvalue weighted by molar-refractivity contribution is -0.138. The van der Waals surface area contributed by atoms with Gasteiger partial charge in [-0.1, -0.05) is 36.4 Å². The first-order chi connectivity index (χ1) is 13.1. The van der Waals surface area contributed by atoms with Gasteiger partial charge in [-0.25, -0.2) is 5.01 Å². The summed E-state index contributed by atoms with van der Waals surface area (Å²) in [7, 11) is 1.49. The number of amides is 2. The molecule has 4 rings (SSSR count). The number of carbonyl (C=O) groups is 2. The fraction of sp³-hybridized carbons (Fsp3) is 0.250. The minimum Gasteiger partial charge on any atom is -0.385 e. The molecule has 7 heteroatoms. The molecular formula is C20H20N4O3. The Morgan fingerprint density at radius 3 is 2.48 bits per heavy atom. The van der Waals surface area contributed by atoms with Crippen molar-refractivity contribution in [2.45, 2.75) is 18.2 Å². The summed E-state index contributed by atoms with van der Waals surface area (Å²) in [5.74, 6) is -1.12. The fourth-order valence-corrected chi connectivity index (χ4v) is 3.60. The van der Waals surface area contributed by atoms with Crippen LogP contribution in [0.4, 0.5) is 5.69 Å². The first-order valence-corrected chi connectivity index (χ1v) is 8.76. The van der Waals surface area contributed by atoms with Crippen LogP contribution >= 0.6 is 0 Å². The number of nitrogens with zero attached hydrogens (tertiary/aromatic N) is 3. The second-order valence-corrected chi connectivity index (χ2v) is 6.67. The number of fused-ring (bicyclic) bond motifs is 1. The largest absolute Gasteiger partial charge is 0.385 e. The lowest BCUT2D eigenvalue weighted by atomic mass is 9.92. The van der Waals surface area contributed by atoms with Gasteiger partial charge in [0.1, 0.15) is 12.1 Å². The molecule has 4 unspecified atom stereocenters. The van der Waals surface area contributed by atoms with Crippen LogP contribution in [0.1, 0.15) is 11.8 Å². The molecule has 3 heterocycles. The minimum absolute atomic E-state index is 0.244. The molecular weight excluding hydrogens is 344 g/mol. The number of hydrogen-bond donors (Lipinski definition) is 2. The number of likely N-dealkylation sites (tertiary alicyclic amines) is 1. The Hall–Kier alpha value is -3.03. The van der Waals surface area contributed by atoms with Crippen molar-refractivity contribution in [2.75, 3.05) is 12.5 Å². The third kappa shape index (κ3) is 3.01. The van der Waals surface area contributed by atoms with E-state index in [0.717, 1.165) is 10.6 Å². The van der Waals surface area contributed by atoms with Crippen molar-refractivity contribution in [1.82, 2.24) is 14.9 Å². The average molecular weight is 364 g/mol. The molecule has 2 N–H and O–H groups in total. The van der Waals surface area contributed by atoms with Gasteiger partial charge in [-0.15, -0.1) is 0 Å². The molecule has 1 saturated heterocycles. The maximum Gasteiger partial charge on any atom is 0.249 e. The fourth-order valence-electron chi connectivity index (χ4n) is 3.60. The molecule has 138 valence electrons. The molecule has 0 spiro atoms. The van der Waals surface area contributed by atoms with E-state index in [9.17, 15) is 14.7 Å². The summed E-state index contributed by atoms with van der Waals surface area (Å²) in [6.45, 7) is 0. The number of hydrogen-bond acceptors (Lipinski definition) is 6. The molecule has 0 aliphatic carbocycles. The maximum absolute atomic E-state index is 12.7. The number of imide groups is 1. The number of anilines is 1. The van der Waals surface area contributed by atoms with Gasteiger partial charge in [0.15, 0.2) is 0 Å². The number of benzene rings is 1. The Bertz CT molecular complexity index is 871. The molecule has 1 aromatic carbocycles. The Morgan fingerprint density at radius 2 is 1.78 bits per heavy atom. The Morgan fingerprint density at radius 1 is 1.04 bits per heavy atom. The van der Waals surface area contributed by atoms with Crippen LogP contribution < -0.4 is 5.43 Å². The predicted molar refractivity (Wildman–Crippen MR) is 99.1 cm³/mol. The highest BCUT2D eigenvalue weighted by molar-refractivity contribution is 6.08. The topological polar surface area (TPSA) is 85.8 Å². The molecule has 2 aliphatic heterocycles. The molecule has 0 saturated carbocycles. The van der Waals surface area contributed by atoms with Gasteiger partial charge in [0.25, 0.3) is 0 Å². The van der Waals surface area contributed by atoms with Gasteiger partial charge in [0.05, 0.1) is 17.7 Å². The number of pyridine rings is 1. The van der Waals surface area contributed by atoms with E-state index in [1.807, 2.05) is 30.3 Å². The summed E-state index contributed by atoms with van der Waals surface area (Å²) in [5, 5.41) is 12.6. The summed E-state index contributed by atoms with van der Waals surface area (Å²) in [5.41, 5.74) is 4.48. The van der Waals surface area contributed by atoms with Crippen LogP contribution in [-0.4, -0.2) is 50.9 Å². The van der Waals surface area contributed by atoms with Crippen molar-refractivity contribution in [1.29, 1.82) is 0 Å². The summed E-state index contributed by atoms with van der Waals surface area (Å²) in [6.07, 6.45) is 4.13. The van der Waals surface area contributed by atoms with Crippen molar-refractivity contribution >= 4 is 17.5 Å². The zero-order valence-electron chi connectivity index (χ0n) is 14.8. The SMILES string of the molecule is CN1C(=O)C2C=CC(C(O)c3ccccn3)N(Nc3ccccc3)C2C1=O. The summed E-state index contributed by atoms with van der Waals surface area (Å²) in [6, 6.07) is 13.4. The predicted octanol–water partition coefficient (Wildman–Crippen LogP) is 1.37. The molecule has 2 aliphatic rings. The number of hydrazine groups is 1. The summed E-state index contributed by atoms with van der Waals surface area (Å²) >= 11 is 0. The van der Waals surface area contributed by atoms with E-state index in [0.29, 0.717) is 5.69 Å². The van der Waals surface area contributed by atoms with E-state index in [-0.39, 0.29) is 11.8 Å². The quantitative estimate of drug-likeness (QED) is 0.630. The Labute approximate surface area is 156 Å². The van der Waals surface area contributed by atoms with E-state index in [4.69, 9.17) is 0 Å². The van der Waals surface area contributed by atoms with E-state index in [2.05, 4.69) is 10.4 Å². The normalized spacial score (nSPS) is 26.1. The van der Waals surface area contributed by atoms with Crippen molar-refractivity contribution in [3.05, 3.63) is 72.6 Å². The summed E-state index contributed by atoms with van der Waals surface area (Å²) < 4.78 is 0. The first kappa shape index (κ1) is 17.4. The van der Waals surface area contributed by atoms with Gasteiger partial charge in [0, 0.05) is 18.9 Å². The van der Waals surface area contributed by atoms with Gasteiger partial charge in [-0.2, -0.15) is 0 Å². The first-order valence-electron chi connectivity index (χ1n) is 8.76. The van der Waals surface area contributed by atoms with Gasteiger partial charge in [-0.05, 0) is 24.3 Å². The lowest BCUT2D eigenvalue weighted by Crippen LogP contribution is -2.55. The van der Waals surface area contributed by atoms with Crippen molar-refractivity contribution in [2.24, 2.45) is 5.92 Å². The molecule has 1 fully saturated rings. The highest BCUT2D eigenvalue weighted by atomic mass is 16.3. The monoisotopic (exact) mass is 364 g/mol. The molecule has 4 atom stereocenters. The molecule has 0 bridgehead atoms. The van der Waals surface area contributed by atoms with E-state index in [1.54, 1.807) is 41.6 Å². The van der Waals surface area contributed by atoms with Crippen molar-refractivity contribution in [3.63, 3.8) is 0 Å². The number of carbonyl (C=O) groups excluding carboxylic acids is 2. The average Bonchev–Trinajstić information content (AvgIpc) is 2.93. The number of aliphatic hydroxyl groups excluding tert-OH is 1. The maximum atomic E-state index is 12.7. The molecule has 1 aromatic heterocycles. The van der Waals surface area contributed by atoms with Crippen molar-refractivity contribution < 1.29 is 14.7 Å². The van der Waals surface area contributed by atoms with Gasteiger partial charge >= 0.3 is 0 Å². The molecule has 2 aromatic rings.